The van der Waals surface area contributed by atoms with E-state index in [0.29, 0.717) is 19.2 Å². The van der Waals surface area contributed by atoms with E-state index in [2.05, 4.69) is 17.0 Å². The van der Waals surface area contributed by atoms with Gasteiger partial charge in [-0.1, -0.05) is 18.2 Å². The highest BCUT2D eigenvalue weighted by molar-refractivity contribution is 5.36. The van der Waals surface area contributed by atoms with E-state index in [-0.39, 0.29) is 6.04 Å². The van der Waals surface area contributed by atoms with Gasteiger partial charge in [0.15, 0.2) is 0 Å². The van der Waals surface area contributed by atoms with E-state index >= 15 is 0 Å². The number of para-hydroxylation sites is 1. The minimum Gasteiger partial charge on any atom is -0.494 e. The Labute approximate surface area is 121 Å². The summed E-state index contributed by atoms with van der Waals surface area (Å²) in [5.41, 5.74) is 7.26. The highest BCUT2D eigenvalue weighted by atomic mass is 16.5. The Hall–Kier alpha value is -1.10. The number of benzene rings is 1. The summed E-state index contributed by atoms with van der Waals surface area (Å²) in [5, 5.41) is 0. The maximum Gasteiger partial charge on any atom is 0.124 e. The Balaban J connectivity index is 2.20. The molecular weight excluding hydrogens is 252 g/mol. The first-order chi connectivity index (χ1) is 9.81. The molecule has 1 aromatic carbocycles. The van der Waals surface area contributed by atoms with Crippen molar-refractivity contribution in [2.24, 2.45) is 5.73 Å². The molecule has 0 aliphatic heterocycles. The van der Waals surface area contributed by atoms with Gasteiger partial charge < -0.3 is 15.2 Å². The van der Waals surface area contributed by atoms with Crippen LogP contribution in [0, 0.1) is 0 Å². The smallest absolute Gasteiger partial charge is 0.124 e. The lowest BCUT2D eigenvalue weighted by molar-refractivity contribution is 0.114. The summed E-state index contributed by atoms with van der Waals surface area (Å²) in [4.78, 5) is 2.47. The van der Waals surface area contributed by atoms with Crippen LogP contribution in [0.3, 0.4) is 0 Å². The van der Waals surface area contributed by atoms with Gasteiger partial charge in [0.2, 0.25) is 0 Å². The zero-order valence-electron chi connectivity index (χ0n) is 12.5. The highest BCUT2D eigenvalue weighted by Gasteiger charge is 2.34. The molecule has 4 nitrogen and oxygen atoms in total. The minimum absolute atomic E-state index is 0.209. The van der Waals surface area contributed by atoms with E-state index in [1.165, 1.54) is 18.4 Å². The molecule has 20 heavy (non-hydrogen) atoms. The second-order valence-electron chi connectivity index (χ2n) is 5.18. The first-order valence-electron chi connectivity index (χ1n) is 7.48. The molecule has 112 valence electrons. The summed E-state index contributed by atoms with van der Waals surface area (Å²) in [5.74, 6) is 0.952. The molecule has 1 unspecified atom stereocenters. The number of hydrogen-bond acceptors (Lipinski definition) is 4. The van der Waals surface area contributed by atoms with Gasteiger partial charge in [-0.3, -0.25) is 4.90 Å². The molecule has 0 aromatic heterocycles. The number of hydrogen-bond donors (Lipinski definition) is 1. The lowest BCUT2D eigenvalue weighted by Gasteiger charge is -2.32. The summed E-state index contributed by atoms with van der Waals surface area (Å²) < 4.78 is 11.0. The van der Waals surface area contributed by atoms with Crippen LogP contribution >= 0.6 is 0 Å². The molecule has 2 N–H and O–H groups in total. The Morgan fingerprint density at radius 2 is 2.10 bits per heavy atom. The summed E-state index contributed by atoms with van der Waals surface area (Å²) in [6, 6.07) is 9.09. The quantitative estimate of drug-likeness (QED) is 0.752. The molecule has 1 aromatic rings. The molecule has 0 heterocycles. The van der Waals surface area contributed by atoms with Crippen LogP contribution in [0.25, 0.3) is 0 Å². The van der Waals surface area contributed by atoms with Crippen LogP contribution in [0.1, 0.15) is 31.4 Å². The van der Waals surface area contributed by atoms with Crippen LogP contribution in [0.2, 0.25) is 0 Å². The van der Waals surface area contributed by atoms with Crippen LogP contribution in [-0.2, 0) is 4.74 Å². The fourth-order valence-corrected chi connectivity index (χ4v) is 2.68. The maximum atomic E-state index is 6.07. The summed E-state index contributed by atoms with van der Waals surface area (Å²) in [6.07, 6.45) is 2.52. The number of methoxy groups -OCH3 is 1. The van der Waals surface area contributed by atoms with Crippen molar-refractivity contribution < 1.29 is 9.47 Å². The number of ether oxygens (including phenoxy) is 2. The SMILES string of the molecule is CCOc1ccccc1C(CN)N(CCOC)C1CC1. The van der Waals surface area contributed by atoms with Gasteiger partial charge in [-0.2, -0.15) is 0 Å². The average molecular weight is 278 g/mol. The van der Waals surface area contributed by atoms with Crippen molar-refractivity contribution in [1.82, 2.24) is 4.90 Å². The molecule has 1 atom stereocenters. The topological polar surface area (TPSA) is 47.7 Å². The lowest BCUT2D eigenvalue weighted by atomic mass is 10.0. The Bertz CT molecular complexity index is 407. The second-order valence-corrected chi connectivity index (χ2v) is 5.18. The molecular formula is C16H26N2O2. The zero-order valence-corrected chi connectivity index (χ0v) is 12.5. The third-order valence-corrected chi connectivity index (χ3v) is 3.77. The van der Waals surface area contributed by atoms with Crippen LogP contribution < -0.4 is 10.5 Å². The van der Waals surface area contributed by atoms with Gasteiger partial charge in [-0.15, -0.1) is 0 Å². The predicted molar refractivity (Wildman–Crippen MR) is 81.0 cm³/mol. The van der Waals surface area contributed by atoms with Gasteiger partial charge in [0.05, 0.1) is 19.3 Å². The van der Waals surface area contributed by atoms with Gasteiger partial charge in [0.25, 0.3) is 0 Å². The Morgan fingerprint density at radius 3 is 2.70 bits per heavy atom. The molecule has 0 radical (unpaired) electrons. The van der Waals surface area contributed by atoms with E-state index < -0.39 is 0 Å². The fraction of sp³-hybridized carbons (Fsp3) is 0.625. The third kappa shape index (κ3) is 3.72. The molecule has 4 heteroatoms. The highest BCUT2D eigenvalue weighted by Crippen LogP contribution is 2.36. The minimum atomic E-state index is 0.209. The Morgan fingerprint density at radius 1 is 1.35 bits per heavy atom. The zero-order chi connectivity index (χ0) is 14.4. The first-order valence-corrected chi connectivity index (χ1v) is 7.48. The van der Waals surface area contributed by atoms with Crippen molar-refractivity contribution in [2.75, 3.05) is 33.4 Å². The lowest BCUT2D eigenvalue weighted by Crippen LogP contribution is -2.38. The van der Waals surface area contributed by atoms with Gasteiger partial charge in [0.1, 0.15) is 5.75 Å². The van der Waals surface area contributed by atoms with Crippen LogP contribution in [0.5, 0.6) is 5.75 Å². The number of nitrogens with two attached hydrogens (primary N) is 1. The molecule has 1 fully saturated rings. The van der Waals surface area contributed by atoms with E-state index in [4.69, 9.17) is 15.2 Å². The molecule has 0 bridgehead atoms. The van der Waals surface area contributed by atoms with Crippen molar-refractivity contribution in [3.05, 3.63) is 29.8 Å². The molecule has 1 saturated carbocycles. The first kappa shape index (κ1) is 15.3. The average Bonchev–Trinajstić information content (AvgIpc) is 3.29. The predicted octanol–water partition coefficient (Wildman–Crippen LogP) is 2.20. The molecule has 0 amide bonds. The largest absolute Gasteiger partial charge is 0.494 e. The number of rotatable bonds is 9. The Kier molecular flexibility index (Phi) is 5.83. The van der Waals surface area contributed by atoms with E-state index in [9.17, 15) is 0 Å². The van der Waals surface area contributed by atoms with Crippen LogP contribution in [0.15, 0.2) is 24.3 Å². The van der Waals surface area contributed by atoms with Gasteiger partial charge >= 0.3 is 0 Å². The second kappa shape index (κ2) is 7.62. The summed E-state index contributed by atoms with van der Waals surface area (Å²) in [6.45, 7) is 4.95. The summed E-state index contributed by atoms with van der Waals surface area (Å²) >= 11 is 0. The van der Waals surface area contributed by atoms with Crippen molar-refractivity contribution >= 4 is 0 Å². The van der Waals surface area contributed by atoms with Crippen molar-refractivity contribution in [2.45, 2.75) is 31.8 Å². The van der Waals surface area contributed by atoms with E-state index in [1.54, 1.807) is 7.11 Å². The van der Waals surface area contributed by atoms with Crippen molar-refractivity contribution in [3.8, 4) is 5.75 Å². The van der Waals surface area contributed by atoms with Crippen LogP contribution in [-0.4, -0.2) is 44.4 Å². The summed E-state index contributed by atoms with van der Waals surface area (Å²) in [7, 11) is 1.75. The fourth-order valence-electron chi connectivity index (χ4n) is 2.68. The van der Waals surface area contributed by atoms with Crippen molar-refractivity contribution in [3.63, 3.8) is 0 Å². The molecule has 1 aliphatic rings. The number of nitrogens with zero attached hydrogens (tertiary/aromatic N) is 1. The van der Waals surface area contributed by atoms with Gasteiger partial charge in [0, 0.05) is 31.8 Å². The molecule has 0 saturated heterocycles. The van der Waals surface area contributed by atoms with E-state index in [0.717, 1.165) is 18.9 Å². The van der Waals surface area contributed by atoms with E-state index in [1.807, 2.05) is 19.1 Å². The van der Waals surface area contributed by atoms with Gasteiger partial charge in [-0.25, -0.2) is 0 Å². The standard InChI is InChI=1S/C16H26N2O2/c1-3-20-16-7-5-4-6-14(16)15(12-17)18(10-11-19-2)13-8-9-13/h4-7,13,15H,3,8-12,17H2,1-2H3. The maximum absolute atomic E-state index is 6.07. The molecule has 0 spiro atoms. The normalized spacial score (nSPS) is 16.4. The monoisotopic (exact) mass is 278 g/mol. The van der Waals surface area contributed by atoms with Gasteiger partial charge in [-0.05, 0) is 25.8 Å². The van der Waals surface area contributed by atoms with Crippen molar-refractivity contribution in [1.29, 1.82) is 0 Å². The van der Waals surface area contributed by atoms with Crippen LogP contribution in [0.4, 0.5) is 0 Å². The molecule has 1 aliphatic carbocycles. The third-order valence-electron chi connectivity index (χ3n) is 3.77. The molecule has 2 rings (SSSR count).